The molecule has 1 aliphatic heterocycles. The van der Waals surface area contributed by atoms with Crippen LogP contribution < -0.4 is 5.32 Å². The molecule has 106 valence electrons. The lowest BCUT2D eigenvalue weighted by molar-refractivity contribution is 0.475. The van der Waals surface area contributed by atoms with E-state index in [2.05, 4.69) is 31.3 Å². The van der Waals surface area contributed by atoms with Crippen LogP contribution in [0.15, 0.2) is 35.1 Å². The molecule has 1 saturated heterocycles. The Morgan fingerprint density at radius 1 is 1.30 bits per heavy atom. The minimum absolute atomic E-state index is 0.128. The molecule has 2 heterocycles. The monoisotopic (exact) mass is 356 g/mol. The maximum absolute atomic E-state index is 11.3. The summed E-state index contributed by atoms with van der Waals surface area (Å²) in [5.74, 6) is 0.840. The molecule has 0 radical (unpaired) electrons. The third-order valence-electron chi connectivity index (χ3n) is 3.14. The van der Waals surface area contributed by atoms with Crippen LogP contribution in [0.2, 0.25) is 0 Å². The first-order chi connectivity index (χ1) is 9.53. The highest BCUT2D eigenvalue weighted by atomic mass is 79.9. The van der Waals surface area contributed by atoms with E-state index in [0.717, 1.165) is 5.56 Å². The first kappa shape index (κ1) is 13.6. The van der Waals surface area contributed by atoms with Crippen molar-refractivity contribution < 1.29 is 8.42 Å². The Labute approximate surface area is 125 Å². The van der Waals surface area contributed by atoms with E-state index >= 15 is 0 Å². The van der Waals surface area contributed by atoms with E-state index in [9.17, 15) is 8.42 Å². The van der Waals surface area contributed by atoms with Gasteiger partial charge in [-0.1, -0.05) is 30.3 Å². The highest BCUT2D eigenvalue weighted by molar-refractivity contribution is 9.10. The van der Waals surface area contributed by atoms with E-state index in [-0.39, 0.29) is 17.5 Å². The van der Waals surface area contributed by atoms with Crippen molar-refractivity contribution in [3.05, 3.63) is 40.6 Å². The third kappa shape index (κ3) is 2.85. The van der Waals surface area contributed by atoms with Crippen LogP contribution in [-0.4, -0.2) is 34.7 Å². The summed E-state index contributed by atoms with van der Waals surface area (Å²) >= 11 is 3.23. The van der Waals surface area contributed by atoms with Gasteiger partial charge in [0, 0.05) is 6.54 Å². The standard InChI is InChI=1S/C12H13BrN4O2S/c13-11-15-12(14-6-9-4-2-1-3-5-9)17(16-11)10-7-20(18,19)8-10/h1-5,10H,6-8H2,(H,14,15,16). The first-order valence-electron chi connectivity index (χ1n) is 6.14. The average Bonchev–Trinajstić information content (AvgIpc) is 2.75. The second kappa shape index (κ2) is 5.17. The topological polar surface area (TPSA) is 76.9 Å². The second-order valence-corrected chi connectivity index (χ2v) is 7.58. The zero-order valence-corrected chi connectivity index (χ0v) is 12.9. The molecule has 2 aromatic rings. The predicted octanol–water partition coefficient (Wildman–Crippen LogP) is 1.62. The Morgan fingerprint density at radius 2 is 2.00 bits per heavy atom. The summed E-state index contributed by atoms with van der Waals surface area (Å²) in [5.41, 5.74) is 1.12. The molecule has 0 saturated carbocycles. The van der Waals surface area contributed by atoms with E-state index < -0.39 is 9.84 Å². The smallest absolute Gasteiger partial charge is 0.222 e. The summed E-state index contributed by atoms with van der Waals surface area (Å²) in [7, 11) is -2.89. The molecule has 3 rings (SSSR count). The van der Waals surface area contributed by atoms with Gasteiger partial charge in [0.2, 0.25) is 10.7 Å². The van der Waals surface area contributed by atoms with Crippen LogP contribution in [0.4, 0.5) is 5.95 Å². The third-order valence-corrected chi connectivity index (χ3v) is 5.26. The van der Waals surface area contributed by atoms with Gasteiger partial charge in [-0.2, -0.15) is 4.98 Å². The Kier molecular flexibility index (Phi) is 3.51. The molecule has 8 heteroatoms. The van der Waals surface area contributed by atoms with Crippen molar-refractivity contribution in [3.63, 3.8) is 0 Å². The van der Waals surface area contributed by atoms with Crippen molar-refractivity contribution in [2.45, 2.75) is 12.6 Å². The second-order valence-electron chi connectivity index (χ2n) is 4.72. The molecule has 0 bridgehead atoms. The Hall–Kier alpha value is -1.41. The number of rotatable bonds is 4. The zero-order chi connectivity index (χ0) is 14.2. The lowest BCUT2D eigenvalue weighted by Gasteiger charge is -2.26. The van der Waals surface area contributed by atoms with E-state index in [1.807, 2.05) is 30.3 Å². The molecule has 0 spiro atoms. The largest absolute Gasteiger partial charge is 0.350 e. The van der Waals surface area contributed by atoms with Crippen LogP contribution in [0, 0.1) is 0 Å². The molecule has 1 fully saturated rings. The normalized spacial score (nSPS) is 17.6. The van der Waals surface area contributed by atoms with E-state index in [0.29, 0.717) is 17.2 Å². The number of hydrogen-bond acceptors (Lipinski definition) is 5. The maximum Gasteiger partial charge on any atom is 0.222 e. The highest BCUT2D eigenvalue weighted by Crippen LogP contribution is 2.27. The van der Waals surface area contributed by atoms with E-state index in [1.165, 1.54) is 0 Å². The fraction of sp³-hybridized carbons (Fsp3) is 0.333. The lowest BCUT2D eigenvalue weighted by Crippen LogP contribution is -2.39. The molecule has 0 aliphatic carbocycles. The van der Waals surface area contributed by atoms with Gasteiger partial charge in [0.25, 0.3) is 0 Å². The average molecular weight is 357 g/mol. The number of aromatic nitrogens is 3. The number of nitrogens with zero attached hydrogens (tertiary/aromatic N) is 3. The molecule has 20 heavy (non-hydrogen) atoms. The number of anilines is 1. The van der Waals surface area contributed by atoms with Gasteiger partial charge in [0.1, 0.15) is 0 Å². The summed E-state index contributed by atoms with van der Waals surface area (Å²) in [6, 6.07) is 9.79. The molecule has 0 amide bonds. The molecule has 1 aromatic carbocycles. The number of nitrogens with one attached hydrogen (secondary N) is 1. The predicted molar refractivity (Wildman–Crippen MR) is 79.2 cm³/mol. The number of halogens is 1. The Bertz CT molecular complexity index is 702. The minimum Gasteiger partial charge on any atom is -0.350 e. The molecular formula is C12H13BrN4O2S. The highest BCUT2D eigenvalue weighted by Gasteiger charge is 2.37. The SMILES string of the molecule is O=S1(=O)CC(n2nc(Br)nc2NCc2ccccc2)C1. The number of benzene rings is 1. The van der Waals surface area contributed by atoms with Crippen molar-refractivity contribution in [2.75, 3.05) is 16.8 Å². The summed E-state index contributed by atoms with van der Waals surface area (Å²) in [4.78, 5) is 4.24. The van der Waals surface area contributed by atoms with E-state index in [1.54, 1.807) is 4.68 Å². The van der Waals surface area contributed by atoms with Crippen LogP contribution in [0.25, 0.3) is 0 Å². The van der Waals surface area contributed by atoms with Crippen LogP contribution in [0.1, 0.15) is 11.6 Å². The van der Waals surface area contributed by atoms with Crippen molar-refractivity contribution in [2.24, 2.45) is 0 Å². The number of sulfone groups is 1. The quantitative estimate of drug-likeness (QED) is 0.900. The summed E-state index contributed by atoms with van der Waals surface area (Å²) in [6.45, 7) is 0.617. The van der Waals surface area contributed by atoms with Crippen molar-refractivity contribution in [1.82, 2.24) is 14.8 Å². The van der Waals surface area contributed by atoms with Gasteiger partial charge in [0.15, 0.2) is 9.84 Å². The van der Waals surface area contributed by atoms with Gasteiger partial charge < -0.3 is 5.32 Å². The summed E-state index contributed by atoms with van der Waals surface area (Å²) in [5, 5.41) is 7.40. The molecule has 1 aromatic heterocycles. The molecule has 1 aliphatic rings. The van der Waals surface area contributed by atoms with Crippen molar-refractivity contribution in [3.8, 4) is 0 Å². The van der Waals surface area contributed by atoms with Gasteiger partial charge in [-0.25, -0.2) is 13.1 Å². The minimum atomic E-state index is -2.89. The van der Waals surface area contributed by atoms with Gasteiger partial charge >= 0.3 is 0 Å². The van der Waals surface area contributed by atoms with Crippen molar-refractivity contribution >= 4 is 31.7 Å². The lowest BCUT2D eigenvalue weighted by atomic mass is 10.2. The van der Waals surface area contributed by atoms with E-state index in [4.69, 9.17) is 0 Å². The Morgan fingerprint density at radius 3 is 2.65 bits per heavy atom. The van der Waals surface area contributed by atoms with Gasteiger partial charge in [-0.3, -0.25) is 0 Å². The van der Waals surface area contributed by atoms with Crippen LogP contribution >= 0.6 is 15.9 Å². The molecular weight excluding hydrogens is 344 g/mol. The molecule has 6 nitrogen and oxygen atoms in total. The fourth-order valence-electron chi connectivity index (χ4n) is 2.13. The first-order valence-corrected chi connectivity index (χ1v) is 8.75. The zero-order valence-electron chi connectivity index (χ0n) is 10.5. The van der Waals surface area contributed by atoms with Crippen LogP contribution in [-0.2, 0) is 16.4 Å². The number of hydrogen-bond donors (Lipinski definition) is 1. The van der Waals surface area contributed by atoms with Crippen LogP contribution in [0.5, 0.6) is 0 Å². The van der Waals surface area contributed by atoms with Gasteiger partial charge in [0.05, 0.1) is 17.5 Å². The summed E-state index contributed by atoms with van der Waals surface area (Å²) < 4.78 is 24.7. The molecule has 0 atom stereocenters. The molecule has 1 N–H and O–H groups in total. The molecule has 0 unspecified atom stereocenters. The van der Waals surface area contributed by atoms with Gasteiger partial charge in [-0.15, -0.1) is 5.10 Å². The van der Waals surface area contributed by atoms with Crippen LogP contribution in [0.3, 0.4) is 0 Å². The van der Waals surface area contributed by atoms with Crippen molar-refractivity contribution in [1.29, 1.82) is 0 Å². The van der Waals surface area contributed by atoms with Gasteiger partial charge in [-0.05, 0) is 21.5 Å². The fourth-order valence-corrected chi connectivity index (χ4v) is 3.82. The Balaban J connectivity index is 1.74. The maximum atomic E-state index is 11.3. The summed E-state index contributed by atoms with van der Waals surface area (Å²) in [6.07, 6.45) is 0.